The van der Waals surface area contributed by atoms with E-state index in [4.69, 9.17) is 5.73 Å². The minimum absolute atomic E-state index is 0.0948. The van der Waals surface area contributed by atoms with Crippen molar-refractivity contribution in [2.24, 2.45) is 0 Å². The van der Waals surface area contributed by atoms with Gasteiger partial charge in [-0.05, 0) is 43.5 Å². The van der Waals surface area contributed by atoms with E-state index in [1.807, 2.05) is 35.2 Å². The number of anilines is 1. The Morgan fingerprint density at radius 2 is 2.35 bits per heavy atom. The standard InChI is InChI=1S/C14H18N2O/c1-11-4-3-9-16(11)14(17)8-7-12-5-2-6-13(15)10-12/h2,5-8,10-11H,3-4,9,15H2,1H3/b8-7+. The molecule has 0 radical (unpaired) electrons. The van der Waals surface area contributed by atoms with Crippen LogP contribution in [0.3, 0.4) is 0 Å². The molecule has 2 N–H and O–H groups in total. The Labute approximate surface area is 102 Å². The normalized spacial score (nSPS) is 20.1. The predicted octanol–water partition coefficient (Wildman–Crippen LogP) is 2.29. The Bertz CT molecular complexity index is 440. The van der Waals surface area contributed by atoms with E-state index in [0.29, 0.717) is 11.7 Å². The van der Waals surface area contributed by atoms with Crippen molar-refractivity contribution in [3.05, 3.63) is 35.9 Å². The molecular formula is C14H18N2O. The average molecular weight is 230 g/mol. The number of nitrogens with zero attached hydrogens (tertiary/aromatic N) is 1. The lowest BCUT2D eigenvalue weighted by atomic mass is 10.2. The number of hydrogen-bond donors (Lipinski definition) is 1. The van der Waals surface area contributed by atoms with Gasteiger partial charge in [-0.2, -0.15) is 0 Å². The van der Waals surface area contributed by atoms with Gasteiger partial charge in [-0.15, -0.1) is 0 Å². The van der Waals surface area contributed by atoms with Gasteiger partial charge >= 0.3 is 0 Å². The largest absolute Gasteiger partial charge is 0.399 e. The zero-order valence-electron chi connectivity index (χ0n) is 10.1. The van der Waals surface area contributed by atoms with E-state index in [0.717, 1.165) is 24.9 Å². The van der Waals surface area contributed by atoms with Crippen LogP contribution < -0.4 is 5.73 Å². The number of likely N-dealkylation sites (tertiary alicyclic amines) is 1. The third-order valence-electron chi connectivity index (χ3n) is 3.17. The number of carbonyl (C=O) groups excluding carboxylic acids is 1. The Morgan fingerprint density at radius 1 is 1.53 bits per heavy atom. The van der Waals surface area contributed by atoms with Gasteiger partial charge in [-0.25, -0.2) is 0 Å². The summed E-state index contributed by atoms with van der Waals surface area (Å²) in [5.41, 5.74) is 7.36. The molecular weight excluding hydrogens is 212 g/mol. The molecule has 0 spiro atoms. The summed E-state index contributed by atoms with van der Waals surface area (Å²) in [7, 11) is 0. The first-order valence-electron chi connectivity index (χ1n) is 6.01. The molecule has 2 rings (SSSR count). The van der Waals surface area contributed by atoms with Gasteiger partial charge in [0.1, 0.15) is 0 Å². The van der Waals surface area contributed by atoms with Crippen molar-refractivity contribution in [1.29, 1.82) is 0 Å². The fourth-order valence-electron chi connectivity index (χ4n) is 2.19. The van der Waals surface area contributed by atoms with E-state index in [2.05, 4.69) is 6.92 Å². The Hall–Kier alpha value is -1.77. The Morgan fingerprint density at radius 3 is 3.00 bits per heavy atom. The van der Waals surface area contributed by atoms with Crippen LogP contribution in [0.4, 0.5) is 5.69 Å². The topological polar surface area (TPSA) is 46.3 Å². The molecule has 0 saturated carbocycles. The number of rotatable bonds is 2. The Kier molecular flexibility index (Phi) is 3.47. The van der Waals surface area contributed by atoms with E-state index in [1.54, 1.807) is 6.08 Å². The molecule has 1 aromatic carbocycles. The van der Waals surface area contributed by atoms with Gasteiger partial charge in [-0.1, -0.05) is 12.1 Å². The first-order chi connectivity index (χ1) is 8.16. The zero-order chi connectivity index (χ0) is 12.3. The van der Waals surface area contributed by atoms with Gasteiger partial charge in [0.15, 0.2) is 0 Å². The number of nitrogen functional groups attached to an aromatic ring is 1. The molecule has 17 heavy (non-hydrogen) atoms. The molecule has 1 aliphatic heterocycles. The van der Waals surface area contributed by atoms with E-state index >= 15 is 0 Å². The Balaban J connectivity index is 2.03. The number of nitrogens with two attached hydrogens (primary N) is 1. The molecule has 1 aliphatic rings. The highest BCUT2D eigenvalue weighted by molar-refractivity contribution is 5.92. The quantitative estimate of drug-likeness (QED) is 0.626. The molecule has 3 heteroatoms. The van der Waals surface area contributed by atoms with Crippen LogP contribution in [0.1, 0.15) is 25.3 Å². The second-order valence-electron chi connectivity index (χ2n) is 4.53. The van der Waals surface area contributed by atoms with E-state index in [-0.39, 0.29) is 5.91 Å². The van der Waals surface area contributed by atoms with Crippen LogP contribution >= 0.6 is 0 Å². The van der Waals surface area contributed by atoms with Crippen LogP contribution in [0.15, 0.2) is 30.3 Å². The third kappa shape index (κ3) is 2.87. The second kappa shape index (κ2) is 5.04. The summed E-state index contributed by atoms with van der Waals surface area (Å²) in [5, 5.41) is 0. The smallest absolute Gasteiger partial charge is 0.246 e. The first kappa shape index (κ1) is 11.7. The van der Waals surface area contributed by atoms with Gasteiger partial charge in [0.2, 0.25) is 5.91 Å². The molecule has 0 aromatic heterocycles. The molecule has 0 bridgehead atoms. The molecule has 1 atom stereocenters. The molecule has 1 aromatic rings. The highest BCUT2D eigenvalue weighted by Crippen LogP contribution is 2.17. The molecule has 1 saturated heterocycles. The van der Waals surface area contributed by atoms with E-state index < -0.39 is 0 Å². The first-order valence-corrected chi connectivity index (χ1v) is 6.01. The number of amides is 1. The summed E-state index contributed by atoms with van der Waals surface area (Å²) >= 11 is 0. The van der Waals surface area contributed by atoms with E-state index in [1.165, 1.54) is 0 Å². The van der Waals surface area contributed by atoms with Crippen molar-refractivity contribution in [2.45, 2.75) is 25.8 Å². The number of benzene rings is 1. The van der Waals surface area contributed by atoms with Crippen LogP contribution in [-0.4, -0.2) is 23.4 Å². The van der Waals surface area contributed by atoms with Crippen molar-refractivity contribution in [1.82, 2.24) is 4.90 Å². The van der Waals surface area contributed by atoms with Crippen LogP contribution in [0.5, 0.6) is 0 Å². The van der Waals surface area contributed by atoms with Gasteiger partial charge in [0.05, 0.1) is 0 Å². The van der Waals surface area contributed by atoms with Crippen molar-refractivity contribution in [3.8, 4) is 0 Å². The summed E-state index contributed by atoms with van der Waals surface area (Å²) in [6.45, 7) is 2.97. The van der Waals surface area contributed by atoms with Crippen molar-refractivity contribution in [2.75, 3.05) is 12.3 Å². The molecule has 0 aliphatic carbocycles. The lowest BCUT2D eigenvalue weighted by Gasteiger charge is -2.19. The van der Waals surface area contributed by atoms with Gasteiger partial charge in [-0.3, -0.25) is 4.79 Å². The number of carbonyl (C=O) groups is 1. The molecule has 1 fully saturated rings. The molecule has 90 valence electrons. The number of hydrogen-bond acceptors (Lipinski definition) is 2. The predicted molar refractivity (Wildman–Crippen MR) is 70.3 cm³/mol. The summed E-state index contributed by atoms with van der Waals surface area (Å²) in [5.74, 6) is 0.0948. The lowest BCUT2D eigenvalue weighted by Crippen LogP contribution is -2.32. The summed E-state index contributed by atoms with van der Waals surface area (Å²) < 4.78 is 0. The van der Waals surface area contributed by atoms with E-state index in [9.17, 15) is 4.79 Å². The van der Waals surface area contributed by atoms with Crippen LogP contribution in [-0.2, 0) is 4.79 Å². The third-order valence-corrected chi connectivity index (χ3v) is 3.17. The highest BCUT2D eigenvalue weighted by atomic mass is 16.2. The van der Waals surface area contributed by atoms with Gasteiger partial charge in [0.25, 0.3) is 0 Å². The maximum absolute atomic E-state index is 11.9. The van der Waals surface area contributed by atoms with Crippen molar-refractivity contribution in [3.63, 3.8) is 0 Å². The SMILES string of the molecule is CC1CCCN1C(=O)/C=C/c1cccc(N)c1. The minimum atomic E-state index is 0.0948. The maximum atomic E-state index is 11.9. The van der Waals surface area contributed by atoms with Crippen LogP contribution in [0.25, 0.3) is 6.08 Å². The second-order valence-corrected chi connectivity index (χ2v) is 4.53. The van der Waals surface area contributed by atoms with Crippen LogP contribution in [0, 0.1) is 0 Å². The molecule has 1 heterocycles. The van der Waals surface area contributed by atoms with Gasteiger partial charge in [0, 0.05) is 24.4 Å². The zero-order valence-corrected chi connectivity index (χ0v) is 10.1. The van der Waals surface area contributed by atoms with Crippen LogP contribution in [0.2, 0.25) is 0 Å². The maximum Gasteiger partial charge on any atom is 0.246 e. The fourth-order valence-corrected chi connectivity index (χ4v) is 2.19. The average Bonchev–Trinajstić information content (AvgIpc) is 2.72. The summed E-state index contributed by atoms with van der Waals surface area (Å²) in [6.07, 6.45) is 5.68. The highest BCUT2D eigenvalue weighted by Gasteiger charge is 2.22. The molecule has 1 unspecified atom stereocenters. The molecule has 1 amide bonds. The van der Waals surface area contributed by atoms with Crippen molar-refractivity contribution >= 4 is 17.7 Å². The molecule has 3 nitrogen and oxygen atoms in total. The van der Waals surface area contributed by atoms with Gasteiger partial charge < -0.3 is 10.6 Å². The lowest BCUT2D eigenvalue weighted by molar-refractivity contribution is -0.126. The summed E-state index contributed by atoms with van der Waals surface area (Å²) in [6, 6.07) is 7.89. The minimum Gasteiger partial charge on any atom is -0.399 e. The fraction of sp³-hybridized carbons (Fsp3) is 0.357. The monoisotopic (exact) mass is 230 g/mol. The summed E-state index contributed by atoms with van der Waals surface area (Å²) in [4.78, 5) is 13.8. The van der Waals surface area contributed by atoms with Crippen molar-refractivity contribution < 1.29 is 4.79 Å².